The monoisotopic (exact) mass is 371 g/mol. The molecule has 0 saturated heterocycles. The lowest BCUT2D eigenvalue weighted by Crippen LogP contribution is -2.36. The lowest BCUT2D eigenvalue weighted by atomic mass is 10.0. The fourth-order valence-corrected chi connectivity index (χ4v) is 3.63. The van der Waals surface area contributed by atoms with Gasteiger partial charge in [0.1, 0.15) is 0 Å². The quantitative estimate of drug-likeness (QED) is 0.698. The van der Waals surface area contributed by atoms with Crippen molar-refractivity contribution >= 4 is 29.4 Å². The van der Waals surface area contributed by atoms with Crippen molar-refractivity contribution in [1.82, 2.24) is 14.5 Å². The van der Waals surface area contributed by atoms with E-state index >= 15 is 0 Å². The van der Waals surface area contributed by atoms with Crippen molar-refractivity contribution in [3.05, 3.63) is 65.6 Å². The molecule has 1 aliphatic rings. The summed E-state index contributed by atoms with van der Waals surface area (Å²) in [6, 6.07) is 12.5. The van der Waals surface area contributed by atoms with Gasteiger partial charge in [-0.25, -0.2) is 4.79 Å². The number of hydrogen-bond donors (Lipinski definition) is 0. The van der Waals surface area contributed by atoms with E-state index in [-0.39, 0.29) is 18.5 Å². The number of para-hydroxylation sites is 1. The second-order valence-electron chi connectivity index (χ2n) is 6.26. The molecule has 0 unspecified atom stereocenters. The van der Waals surface area contributed by atoms with Crippen molar-refractivity contribution in [1.29, 1.82) is 0 Å². The highest BCUT2D eigenvalue weighted by molar-refractivity contribution is 5.86. The summed E-state index contributed by atoms with van der Waals surface area (Å²) in [6.45, 7) is 4.34. The molecule has 6 heteroatoms. The predicted octanol–water partition coefficient (Wildman–Crippen LogP) is 4.02. The van der Waals surface area contributed by atoms with Crippen LogP contribution in [0.5, 0.6) is 0 Å². The van der Waals surface area contributed by atoms with Crippen LogP contribution in [0.4, 0.5) is 4.79 Å². The van der Waals surface area contributed by atoms with Gasteiger partial charge < -0.3 is 14.2 Å². The minimum atomic E-state index is -0.225. The van der Waals surface area contributed by atoms with Crippen LogP contribution < -0.4 is 0 Å². The number of ether oxygens (including phenoxy) is 1. The van der Waals surface area contributed by atoms with Crippen LogP contribution in [0.2, 0.25) is 0 Å². The van der Waals surface area contributed by atoms with E-state index in [1.54, 1.807) is 11.1 Å². The molecule has 2 aromatic heterocycles. The summed E-state index contributed by atoms with van der Waals surface area (Å²) in [4.78, 5) is 18.2. The van der Waals surface area contributed by atoms with E-state index < -0.39 is 0 Å². The average Bonchev–Trinajstić information content (AvgIpc) is 2.96. The molecule has 0 atom stereocenters. The number of carbonyl (C=O) groups excluding carboxylic acids is 1. The molecule has 1 aromatic carbocycles. The van der Waals surface area contributed by atoms with Crippen LogP contribution in [0.1, 0.15) is 23.7 Å². The molecule has 0 bridgehead atoms. The summed E-state index contributed by atoms with van der Waals surface area (Å²) in [7, 11) is 0. The third-order valence-electron chi connectivity index (χ3n) is 4.75. The number of aromatic nitrogens is 2. The van der Waals surface area contributed by atoms with E-state index in [1.807, 2.05) is 19.2 Å². The molecule has 0 saturated carbocycles. The maximum Gasteiger partial charge on any atom is 0.410 e. The number of nitrogens with zero attached hydrogens (tertiary/aromatic N) is 3. The van der Waals surface area contributed by atoms with Crippen LogP contribution in [-0.4, -0.2) is 33.7 Å². The van der Waals surface area contributed by atoms with Gasteiger partial charge in [-0.05, 0) is 24.6 Å². The van der Waals surface area contributed by atoms with E-state index in [0.29, 0.717) is 19.7 Å². The van der Waals surface area contributed by atoms with E-state index in [0.717, 1.165) is 13.0 Å². The minimum absolute atomic E-state index is 0. The number of halogens is 1. The van der Waals surface area contributed by atoms with E-state index in [4.69, 9.17) is 4.74 Å². The molecule has 3 heterocycles. The highest BCUT2D eigenvalue weighted by Crippen LogP contribution is 2.31. The van der Waals surface area contributed by atoms with Gasteiger partial charge >= 0.3 is 6.09 Å². The molecular formula is C20H22ClN3O2. The summed E-state index contributed by atoms with van der Waals surface area (Å²) >= 11 is 0. The van der Waals surface area contributed by atoms with E-state index in [1.165, 1.54) is 27.7 Å². The van der Waals surface area contributed by atoms with Gasteiger partial charge in [-0.1, -0.05) is 24.3 Å². The first-order valence-corrected chi connectivity index (χ1v) is 8.67. The standard InChI is InChI=1S/C20H21N3O2.ClH/c1-2-25-20(24)22-11-9-19-17(14-22)16-7-3-4-8-18(16)23(19)13-15-6-5-10-21-12-15;/h3-8,10,12H,2,9,11,13-14H2,1H3;1H. The Hall–Kier alpha value is -2.53. The normalized spacial score (nSPS) is 13.2. The molecule has 0 N–H and O–H groups in total. The Bertz CT molecular complexity index is 908. The Morgan fingerprint density at radius 3 is 2.85 bits per heavy atom. The lowest BCUT2D eigenvalue weighted by molar-refractivity contribution is 0.102. The zero-order valence-corrected chi connectivity index (χ0v) is 15.5. The van der Waals surface area contributed by atoms with Gasteiger partial charge in [0, 0.05) is 54.1 Å². The van der Waals surface area contributed by atoms with Crippen molar-refractivity contribution in [2.75, 3.05) is 13.2 Å². The van der Waals surface area contributed by atoms with Crippen LogP contribution in [-0.2, 0) is 24.2 Å². The molecule has 0 spiro atoms. The molecular weight excluding hydrogens is 350 g/mol. The maximum absolute atomic E-state index is 12.1. The van der Waals surface area contributed by atoms with E-state index in [2.05, 4.69) is 39.9 Å². The summed E-state index contributed by atoms with van der Waals surface area (Å²) in [5.41, 5.74) is 4.94. The third-order valence-corrected chi connectivity index (χ3v) is 4.75. The average molecular weight is 372 g/mol. The maximum atomic E-state index is 12.1. The Morgan fingerprint density at radius 1 is 1.23 bits per heavy atom. The van der Waals surface area contributed by atoms with Gasteiger partial charge in [0.05, 0.1) is 13.2 Å². The minimum Gasteiger partial charge on any atom is -0.450 e. The smallest absolute Gasteiger partial charge is 0.410 e. The summed E-state index contributed by atoms with van der Waals surface area (Å²) in [5.74, 6) is 0. The SMILES string of the molecule is CCOC(=O)N1CCc2c(c3ccccc3n2Cc2cccnc2)C1.Cl. The topological polar surface area (TPSA) is 47.4 Å². The molecule has 0 aliphatic carbocycles. The Balaban J connectivity index is 0.00000196. The first-order valence-electron chi connectivity index (χ1n) is 8.67. The molecule has 136 valence electrons. The largest absolute Gasteiger partial charge is 0.450 e. The Morgan fingerprint density at radius 2 is 2.08 bits per heavy atom. The fraction of sp³-hybridized carbons (Fsp3) is 0.300. The summed E-state index contributed by atoms with van der Waals surface area (Å²) in [6.07, 6.45) is 4.32. The van der Waals surface area contributed by atoms with Crippen LogP contribution >= 0.6 is 12.4 Å². The van der Waals surface area contributed by atoms with Crippen LogP contribution in [0.15, 0.2) is 48.8 Å². The molecule has 0 fully saturated rings. The number of benzene rings is 1. The summed E-state index contributed by atoms with van der Waals surface area (Å²) < 4.78 is 7.55. The van der Waals surface area contributed by atoms with Crippen molar-refractivity contribution < 1.29 is 9.53 Å². The number of amides is 1. The highest BCUT2D eigenvalue weighted by atomic mass is 35.5. The molecule has 4 rings (SSSR count). The predicted molar refractivity (Wildman–Crippen MR) is 104 cm³/mol. The van der Waals surface area contributed by atoms with Crippen molar-refractivity contribution in [3.8, 4) is 0 Å². The first-order chi connectivity index (χ1) is 12.3. The number of rotatable bonds is 3. The van der Waals surface area contributed by atoms with Crippen molar-refractivity contribution in [2.24, 2.45) is 0 Å². The third kappa shape index (κ3) is 3.27. The fourth-order valence-electron chi connectivity index (χ4n) is 3.63. The Kier molecular flexibility index (Phi) is 5.47. The number of fused-ring (bicyclic) bond motifs is 3. The van der Waals surface area contributed by atoms with E-state index in [9.17, 15) is 4.79 Å². The van der Waals surface area contributed by atoms with Crippen LogP contribution in [0, 0.1) is 0 Å². The van der Waals surface area contributed by atoms with Gasteiger partial charge in [0.25, 0.3) is 0 Å². The zero-order valence-electron chi connectivity index (χ0n) is 14.7. The molecule has 3 aromatic rings. The second kappa shape index (κ2) is 7.79. The van der Waals surface area contributed by atoms with Gasteiger partial charge in [-0.3, -0.25) is 4.98 Å². The molecule has 1 aliphatic heterocycles. The Labute approximate surface area is 159 Å². The summed E-state index contributed by atoms with van der Waals surface area (Å²) in [5, 5.41) is 1.22. The number of hydrogen-bond acceptors (Lipinski definition) is 3. The number of pyridine rings is 1. The van der Waals surface area contributed by atoms with Gasteiger partial charge in [0.2, 0.25) is 0 Å². The van der Waals surface area contributed by atoms with Gasteiger partial charge in [-0.2, -0.15) is 0 Å². The zero-order chi connectivity index (χ0) is 17.2. The van der Waals surface area contributed by atoms with Crippen molar-refractivity contribution in [2.45, 2.75) is 26.4 Å². The van der Waals surface area contributed by atoms with Gasteiger partial charge in [0.15, 0.2) is 0 Å². The molecule has 26 heavy (non-hydrogen) atoms. The molecule has 1 amide bonds. The second-order valence-corrected chi connectivity index (χ2v) is 6.26. The molecule has 0 radical (unpaired) electrons. The van der Waals surface area contributed by atoms with Crippen LogP contribution in [0.25, 0.3) is 10.9 Å². The molecule has 5 nitrogen and oxygen atoms in total. The lowest BCUT2D eigenvalue weighted by Gasteiger charge is -2.27. The van der Waals surface area contributed by atoms with Gasteiger partial charge in [-0.15, -0.1) is 12.4 Å². The van der Waals surface area contributed by atoms with Crippen LogP contribution in [0.3, 0.4) is 0 Å². The highest BCUT2D eigenvalue weighted by Gasteiger charge is 2.27. The number of carbonyl (C=O) groups is 1. The van der Waals surface area contributed by atoms with Crippen molar-refractivity contribution in [3.63, 3.8) is 0 Å². The first kappa shape index (κ1) is 18.3.